The van der Waals surface area contributed by atoms with Gasteiger partial charge in [-0.3, -0.25) is 9.40 Å². The number of nitrogens with zero attached hydrogens (tertiary/aromatic N) is 2. The number of carbonyl (C=O) groups is 1. The number of halogens is 1. The van der Waals surface area contributed by atoms with E-state index in [0.717, 1.165) is 17.8 Å². The van der Waals surface area contributed by atoms with Crippen molar-refractivity contribution in [3.05, 3.63) is 34.5 Å². The normalized spacial score (nSPS) is 11.6. The number of rotatable bonds is 6. The van der Waals surface area contributed by atoms with Crippen molar-refractivity contribution >= 4 is 33.4 Å². The first-order chi connectivity index (χ1) is 11.6. The van der Waals surface area contributed by atoms with Crippen molar-refractivity contribution in [3.63, 3.8) is 0 Å². The Kier molecular flexibility index (Phi) is 5.28. The molecule has 25 heavy (non-hydrogen) atoms. The number of carboxylic acid groups (broad SMARTS) is 1. The van der Waals surface area contributed by atoms with E-state index in [0.29, 0.717) is 0 Å². The molecule has 0 aliphatic carbocycles. The van der Waals surface area contributed by atoms with Crippen molar-refractivity contribution in [3.8, 4) is 5.75 Å². The molecule has 1 aromatic carbocycles. The molecule has 2 N–H and O–H groups in total. The van der Waals surface area contributed by atoms with Gasteiger partial charge in [0.05, 0.1) is 12.1 Å². The van der Waals surface area contributed by atoms with Crippen molar-refractivity contribution in [1.82, 2.24) is 9.78 Å². The third kappa shape index (κ3) is 3.88. The number of nitrogens with one attached hydrogen (secondary N) is 1. The maximum absolute atomic E-state index is 12.6. The molecule has 0 bridgehead atoms. The zero-order valence-electron chi connectivity index (χ0n) is 14.1. The summed E-state index contributed by atoms with van der Waals surface area (Å²) in [5.41, 5.74) is 0.559. The number of aromatic nitrogens is 2. The summed E-state index contributed by atoms with van der Waals surface area (Å²) in [6.07, 6.45) is 0. The Balaban J connectivity index is 2.46. The van der Waals surface area contributed by atoms with Gasteiger partial charge in [-0.25, -0.2) is 13.2 Å². The van der Waals surface area contributed by atoms with Gasteiger partial charge in [-0.1, -0.05) is 11.6 Å². The van der Waals surface area contributed by atoms with Gasteiger partial charge in [0.2, 0.25) is 0 Å². The Morgan fingerprint density at radius 2 is 2.00 bits per heavy atom. The number of hydrogen-bond acceptors (Lipinski definition) is 5. The SMILES string of the molecule is COc1cc(S(=O)(=O)Nc2cc(C)n(C(C)C)n2)c(Cl)cc1C(=O)O. The molecule has 136 valence electrons. The van der Waals surface area contributed by atoms with E-state index >= 15 is 0 Å². The van der Waals surface area contributed by atoms with Gasteiger partial charge in [0.15, 0.2) is 5.82 Å². The number of aromatic carboxylic acids is 1. The number of hydrogen-bond donors (Lipinski definition) is 2. The molecule has 0 amide bonds. The van der Waals surface area contributed by atoms with Crippen molar-refractivity contribution in [2.24, 2.45) is 0 Å². The van der Waals surface area contributed by atoms with E-state index in [9.17, 15) is 13.2 Å². The first-order valence-corrected chi connectivity index (χ1v) is 9.12. The number of ether oxygens (including phenoxy) is 1. The fourth-order valence-electron chi connectivity index (χ4n) is 2.33. The fraction of sp³-hybridized carbons (Fsp3) is 0.333. The smallest absolute Gasteiger partial charge is 0.339 e. The Labute approximate surface area is 150 Å². The standard InChI is InChI=1S/C15H18ClN3O5S/c1-8(2)19-9(3)5-14(17-19)18-25(22,23)13-7-12(24-4)10(15(20)21)6-11(13)16/h5-8H,1-4H3,(H,17,18)(H,20,21). The first kappa shape index (κ1) is 19.1. The molecule has 0 aliphatic heterocycles. The lowest BCUT2D eigenvalue weighted by Gasteiger charge is -2.11. The zero-order valence-corrected chi connectivity index (χ0v) is 15.6. The average molecular weight is 388 g/mol. The molecule has 8 nitrogen and oxygen atoms in total. The van der Waals surface area contributed by atoms with E-state index in [-0.39, 0.29) is 33.1 Å². The molecule has 0 saturated heterocycles. The highest BCUT2D eigenvalue weighted by molar-refractivity contribution is 7.92. The van der Waals surface area contributed by atoms with Crippen molar-refractivity contribution < 1.29 is 23.1 Å². The Morgan fingerprint density at radius 1 is 1.36 bits per heavy atom. The Morgan fingerprint density at radius 3 is 2.48 bits per heavy atom. The summed E-state index contributed by atoms with van der Waals surface area (Å²) < 4.78 is 34.2. The van der Waals surface area contributed by atoms with Crippen LogP contribution in [0.4, 0.5) is 5.82 Å². The van der Waals surface area contributed by atoms with Gasteiger partial charge < -0.3 is 9.84 Å². The molecular formula is C15H18ClN3O5S. The van der Waals surface area contributed by atoms with Crippen LogP contribution in [0.2, 0.25) is 5.02 Å². The minimum absolute atomic E-state index is 0.0665. The number of aryl methyl sites for hydroxylation is 1. The van der Waals surface area contributed by atoms with Gasteiger partial charge in [-0.05, 0) is 26.8 Å². The highest BCUT2D eigenvalue weighted by atomic mass is 35.5. The molecule has 0 aliphatic rings. The highest BCUT2D eigenvalue weighted by Crippen LogP contribution is 2.31. The highest BCUT2D eigenvalue weighted by Gasteiger charge is 2.24. The second kappa shape index (κ2) is 6.93. The Hall–Kier alpha value is -2.26. The third-order valence-corrected chi connectivity index (χ3v) is 5.24. The molecule has 0 atom stereocenters. The molecule has 0 fully saturated rings. The number of sulfonamides is 1. The molecular weight excluding hydrogens is 370 g/mol. The number of benzene rings is 1. The van der Waals surface area contributed by atoms with Gasteiger partial charge in [0, 0.05) is 23.9 Å². The molecule has 10 heteroatoms. The van der Waals surface area contributed by atoms with Crippen LogP contribution in [0.25, 0.3) is 0 Å². The lowest BCUT2D eigenvalue weighted by atomic mass is 10.2. The van der Waals surface area contributed by atoms with Crippen LogP contribution in [-0.4, -0.2) is 36.4 Å². The van der Waals surface area contributed by atoms with E-state index in [2.05, 4.69) is 9.82 Å². The van der Waals surface area contributed by atoms with Crippen LogP contribution in [0, 0.1) is 6.92 Å². The van der Waals surface area contributed by atoms with Crippen molar-refractivity contribution in [2.75, 3.05) is 11.8 Å². The van der Waals surface area contributed by atoms with Crippen LogP contribution in [-0.2, 0) is 10.0 Å². The minimum Gasteiger partial charge on any atom is -0.496 e. The third-order valence-electron chi connectivity index (χ3n) is 3.42. The van der Waals surface area contributed by atoms with Crippen LogP contribution in [0.15, 0.2) is 23.1 Å². The van der Waals surface area contributed by atoms with Crippen LogP contribution < -0.4 is 9.46 Å². The van der Waals surface area contributed by atoms with Crippen LogP contribution in [0.5, 0.6) is 5.75 Å². The summed E-state index contributed by atoms with van der Waals surface area (Å²) in [6, 6.07) is 3.76. The largest absolute Gasteiger partial charge is 0.496 e. The van der Waals surface area contributed by atoms with E-state index in [1.807, 2.05) is 20.8 Å². The first-order valence-electron chi connectivity index (χ1n) is 7.26. The maximum Gasteiger partial charge on any atom is 0.339 e. The summed E-state index contributed by atoms with van der Waals surface area (Å²) in [5, 5.41) is 13.1. The van der Waals surface area contributed by atoms with Gasteiger partial charge in [0.1, 0.15) is 16.2 Å². The minimum atomic E-state index is -4.08. The predicted molar refractivity (Wildman–Crippen MR) is 93.1 cm³/mol. The lowest BCUT2D eigenvalue weighted by molar-refractivity contribution is 0.0693. The van der Waals surface area contributed by atoms with Crippen molar-refractivity contribution in [1.29, 1.82) is 0 Å². The zero-order chi connectivity index (χ0) is 18.9. The summed E-state index contributed by atoms with van der Waals surface area (Å²) in [7, 11) is -2.84. The van der Waals surface area contributed by atoms with E-state index < -0.39 is 16.0 Å². The number of carboxylic acids is 1. The summed E-state index contributed by atoms with van der Waals surface area (Å²) in [6.45, 7) is 5.65. The molecule has 0 unspecified atom stereocenters. The van der Waals surface area contributed by atoms with Crippen molar-refractivity contribution in [2.45, 2.75) is 31.7 Å². The molecule has 0 saturated carbocycles. The molecule has 2 rings (SSSR count). The van der Waals surface area contributed by atoms with Crippen LogP contribution in [0.3, 0.4) is 0 Å². The fourth-order valence-corrected chi connectivity index (χ4v) is 3.86. The maximum atomic E-state index is 12.6. The molecule has 1 heterocycles. The molecule has 0 radical (unpaired) electrons. The van der Waals surface area contributed by atoms with Gasteiger partial charge in [-0.15, -0.1) is 0 Å². The second-order valence-electron chi connectivity index (χ2n) is 5.60. The van der Waals surface area contributed by atoms with E-state index in [1.165, 1.54) is 7.11 Å². The summed E-state index contributed by atoms with van der Waals surface area (Å²) in [4.78, 5) is 10.9. The summed E-state index contributed by atoms with van der Waals surface area (Å²) in [5.74, 6) is -1.24. The molecule has 0 spiro atoms. The average Bonchev–Trinajstić information content (AvgIpc) is 2.86. The molecule has 2 aromatic rings. The summed E-state index contributed by atoms with van der Waals surface area (Å²) >= 11 is 5.98. The number of methoxy groups -OCH3 is 1. The van der Waals surface area contributed by atoms with Crippen LogP contribution >= 0.6 is 11.6 Å². The van der Waals surface area contributed by atoms with Crippen LogP contribution in [0.1, 0.15) is 35.9 Å². The second-order valence-corrected chi connectivity index (χ2v) is 7.66. The van der Waals surface area contributed by atoms with Gasteiger partial charge in [0.25, 0.3) is 10.0 Å². The topological polar surface area (TPSA) is 111 Å². The quantitative estimate of drug-likeness (QED) is 0.788. The number of anilines is 1. The van der Waals surface area contributed by atoms with E-state index in [4.69, 9.17) is 21.4 Å². The predicted octanol–water partition coefficient (Wildman–Crippen LogP) is 2.93. The monoisotopic (exact) mass is 387 g/mol. The molecule has 1 aromatic heterocycles. The Bertz CT molecular complexity index is 921. The van der Waals surface area contributed by atoms with Gasteiger partial charge in [-0.2, -0.15) is 5.10 Å². The van der Waals surface area contributed by atoms with Gasteiger partial charge >= 0.3 is 5.97 Å². The lowest BCUT2D eigenvalue weighted by Crippen LogP contribution is -2.15. The van der Waals surface area contributed by atoms with E-state index in [1.54, 1.807) is 10.7 Å².